The lowest BCUT2D eigenvalue weighted by atomic mass is 10.2. The average molecular weight is 438 g/mol. The first-order valence-electron chi connectivity index (χ1n) is 8.73. The monoisotopic (exact) mass is 437 g/mol. The quantitative estimate of drug-likeness (QED) is 0.479. The van der Waals surface area contributed by atoms with E-state index in [9.17, 15) is 12.8 Å². The predicted molar refractivity (Wildman–Crippen MR) is 111 cm³/mol. The highest BCUT2D eigenvalue weighted by Gasteiger charge is 2.21. The molecule has 5 nitrogen and oxygen atoms in total. The van der Waals surface area contributed by atoms with E-state index < -0.39 is 10.0 Å². The SMILES string of the molecule is CCN(CC)S(=O)(=O)c1ccc(SCc2csc(-c3ccc(F)cc3)n2)nc1. The molecule has 0 fully saturated rings. The zero-order valence-corrected chi connectivity index (χ0v) is 18.0. The van der Waals surface area contributed by atoms with Gasteiger partial charge in [0.15, 0.2) is 0 Å². The lowest BCUT2D eigenvalue weighted by Gasteiger charge is -2.18. The molecule has 2 aromatic heterocycles. The van der Waals surface area contributed by atoms with Gasteiger partial charge in [-0.1, -0.05) is 13.8 Å². The smallest absolute Gasteiger partial charge is 0.244 e. The number of hydrogen-bond acceptors (Lipinski definition) is 6. The molecule has 0 radical (unpaired) electrons. The van der Waals surface area contributed by atoms with Crippen LogP contribution in [0.15, 0.2) is 57.9 Å². The fourth-order valence-electron chi connectivity index (χ4n) is 2.56. The number of nitrogens with zero attached hydrogens (tertiary/aromatic N) is 3. The van der Waals surface area contributed by atoms with E-state index in [1.165, 1.54) is 45.7 Å². The molecule has 3 aromatic rings. The lowest BCUT2D eigenvalue weighted by Crippen LogP contribution is -2.30. The van der Waals surface area contributed by atoms with Crippen molar-refractivity contribution in [3.63, 3.8) is 0 Å². The molecule has 0 amide bonds. The second-order valence-corrected chi connectivity index (χ2v) is 9.65. The van der Waals surface area contributed by atoms with Crippen molar-refractivity contribution < 1.29 is 12.8 Å². The van der Waals surface area contributed by atoms with Crippen LogP contribution < -0.4 is 0 Å². The van der Waals surface area contributed by atoms with Crippen LogP contribution in [0.4, 0.5) is 4.39 Å². The molecule has 0 aliphatic heterocycles. The van der Waals surface area contributed by atoms with Crippen molar-refractivity contribution in [2.45, 2.75) is 29.5 Å². The number of sulfonamides is 1. The first-order valence-corrected chi connectivity index (χ1v) is 12.0. The highest BCUT2D eigenvalue weighted by molar-refractivity contribution is 7.98. The highest BCUT2D eigenvalue weighted by atomic mass is 32.2. The van der Waals surface area contributed by atoms with Gasteiger partial charge in [-0.2, -0.15) is 4.31 Å². The molecule has 148 valence electrons. The standard InChI is InChI=1S/C19H20FN3O2S3/c1-3-23(4-2)28(24,25)17-9-10-18(21-11-17)26-12-16-13-27-19(22-16)14-5-7-15(20)8-6-14/h5-11,13H,3-4,12H2,1-2H3. The Morgan fingerprint density at radius 3 is 2.43 bits per heavy atom. The molecule has 3 rings (SSSR count). The van der Waals surface area contributed by atoms with Gasteiger partial charge in [0.05, 0.1) is 10.7 Å². The Bertz CT molecular complexity index is 1020. The second kappa shape index (κ2) is 9.13. The maximum Gasteiger partial charge on any atom is 0.244 e. The number of rotatable bonds is 8. The van der Waals surface area contributed by atoms with E-state index in [0.29, 0.717) is 18.8 Å². The van der Waals surface area contributed by atoms with Gasteiger partial charge >= 0.3 is 0 Å². The van der Waals surface area contributed by atoms with E-state index in [1.54, 1.807) is 24.3 Å². The van der Waals surface area contributed by atoms with Crippen LogP contribution in [-0.2, 0) is 15.8 Å². The van der Waals surface area contributed by atoms with E-state index in [1.807, 2.05) is 19.2 Å². The number of benzene rings is 1. The number of pyridine rings is 1. The summed E-state index contributed by atoms with van der Waals surface area (Å²) in [6, 6.07) is 9.57. The minimum atomic E-state index is -3.49. The zero-order valence-electron chi connectivity index (χ0n) is 15.5. The van der Waals surface area contributed by atoms with Gasteiger partial charge in [-0.3, -0.25) is 0 Å². The molecule has 28 heavy (non-hydrogen) atoms. The minimum Gasteiger partial charge on any atom is -0.249 e. The fourth-order valence-corrected chi connectivity index (χ4v) is 5.63. The largest absolute Gasteiger partial charge is 0.249 e. The van der Waals surface area contributed by atoms with Gasteiger partial charge in [0, 0.05) is 36.0 Å². The molecule has 0 bridgehead atoms. The van der Waals surface area contributed by atoms with Crippen LogP contribution in [0.2, 0.25) is 0 Å². The number of aromatic nitrogens is 2. The molecular weight excluding hydrogens is 417 g/mol. The van der Waals surface area contributed by atoms with E-state index in [-0.39, 0.29) is 10.7 Å². The van der Waals surface area contributed by atoms with Gasteiger partial charge in [0.1, 0.15) is 15.7 Å². The molecule has 0 spiro atoms. The normalized spacial score (nSPS) is 11.9. The van der Waals surface area contributed by atoms with Gasteiger partial charge in [-0.05, 0) is 36.4 Å². The van der Waals surface area contributed by atoms with Crippen LogP contribution in [0.25, 0.3) is 10.6 Å². The minimum absolute atomic E-state index is 0.202. The Kier molecular flexibility index (Phi) is 6.82. The summed E-state index contributed by atoms with van der Waals surface area (Å²) >= 11 is 2.99. The van der Waals surface area contributed by atoms with Gasteiger partial charge < -0.3 is 0 Å². The maximum atomic E-state index is 13.0. The molecule has 0 aliphatic rings. The summed E-state index contributed by atoms with van der Waals surface area (Å²) in [4.78, 5) is 9.05. The number of thioether (sulfide) groups is 1. The van der Waals surface area contributed by atoms with Crippen molar-refractivity contribution in [2.75, 3.05) is 13.1 Å². The summed E-state index contributed by atoms with van der Waals surface area (Å²) < 4.78 is 39.4. The summed E-state index contributed by atoms with van der Waals surface area (Å²) in [7, 11) is -3.49. The number of hydrogen-bond donors (Lipinski definition) is 0. The van der Waals surface area contributed by atoms with E-state index in [2.05, 4.69) is 9.97 Å². The molecule has 0 atom stereocenters. The van der Waals surface area contributed by atoms with Gasteiger partial charge in [-0.15, -0.1) is 23.1 Å². The summed E-state index contributed by atoms with van der Waals surface area (Å²) in [5.41, 5.74) is 1.78. The Labute approximate surface area is 172 Å². The lowest BCUT2D eigenvalue weighted by molar-refractivity contribution is 0.445. The molecule has 0 aliphatic carbocycles. The predicted octanol–water partition coefficient (Wildman–Crippen LogP) is 4.67. The van der Waals surface area contributed by atoms with Crippen molar-refractivity contribution in [1.82, 2.24) is 14.3 Å². The topological polar surface area (TPSA) is 63.2 Å². The van der Waals surface area contributed by atoms with Crippen molar-refractivity contribution >= 4 is 33.1 Å². The summed E-state index contributed by atoms with van der Waals surface area (Å²) in [6.07, 6.45) is 1.40. The van der Waals surface area contributed by atoms with Gasteiger partial charge in [0.2, 0.25) is 10.0 Å². The third-order valence-corrected chi connectivity index (χ3v) is 8.01. The molecular formula is C19H20FN3O2S3. The summed E-state index contributed by atoms with van der Waals surface area (Å²) in [5, 5.41) is 3.53. The van der Waals surface area contributed by atoms with Crippen LogP contribution in [0.5, 0.6) is 0 Å². The fraction of sp³-hybridized carbons (Fsp3) is 0.263. The maximum absolute atomic E-state index is 13.0. The van der Waals surface area contributed by atoms with Crippen molar-refractivity contribution in [3.05, 3.63) is 59.5 Å². The van der Waals surface area contributed by atoms with Crippen LogP contribution in [0, 0.1) is 5.82 Å². The van der Waals surface area contributed by atoms with Crippen LogP contribution >= 0.6 is 23.1 Å². The Balaban J connectivity index is 1.65. The molecule has 0 N–H and O–H groups in total. The van der Waals surface area contributed by atoms with Crippen molar-refractivity contribution in [3.8, 4) is 10.6 Å². The first-order chi connectivity index (χ1) is 13.4. The van der Waals surface area contributed by atoms with Crippen LogP contribution in [0.1, 0.15) is 19.5 Å². The van der Waals surface area contributed by atoms with E-state index >= 15 is 0 Å². The molecule has 0 unspecified atom stereocenters. The molecule has 9 heteroatoms. The zero-order chi connectivity index (χ0) is 20.1. The summed E-state index contributed by atoms with van der Waals surface area (Å²) in [5.74, 6) is 0.348. The Hall–Kier alpha value is -1.81. The number of thiazole rings is 1. The molecule has 0 saturated heterocycles. The highest BCUT2D eigenvalue weighted by Crippen LogP contribution is 2.28. The molecule has 1 aromatic carbocycles. The Morgan fingerprint density at radius 2 is 1.82 bits per heavy atom. The van der Waals surface area contributed by atoms with Crippen molar-refractivity contribution in [1.29, 1.82) is 0 Å². The third-order valence-electron chi connectivity index (χ3n) is 4.06. The average Bonchev–Trinajstić information content (AvgIpc) is 3.17. The van der Waals surface area contributed by atoms with Gasteiger partial charge in [0.25, 0.3) is 0 Å². The third kappa shape index (κ3) is 4.78. The second-order valence-electron chi connectivity index (χ2n) is 5.86. The molecule has 0 saturated carbocycles. The molecule has 2 heterocycles. The van der Waals surface area contributed by atoms with E-state index in [0.717, 1.165) is 21.3 Å². The van der Waals surface area contributed by atoms with Crippen LogP contribution in [0.3, 0.4) is 0 Å². The number of halogens is 1. The van der Waals surface area contributed by atoms with E-state index in [4.69, 9.17) is 0 Å². The first kappa shape index (κ1) is 20.9. The Morgan fingerprint density at radius 1 is 1.11 bits per heavy atom. The van der Waals surface area contributed by atoms with Gasteiger partial charge in [-0.25, -0.2) is 22.8 Å². The van der Waals surface area contributed by atoms with Crippen LogP contribution in [-0.4, -0.2) is 35.8 Å². The summed E-state index contributed by atoms with van der Waals surface area (Å²) in [6.45, 7) is 4.48. The van der Waals surface area contributed by atoms with Crippen molar-refractivity contribution in [2.24, 2.45) is 0 Å².